The average Bonchev–Trinajstić information content (AvgIpc) is 3.31. The zero-order chi connectivity index (χ0) is 19.5. The molecule has 3 heterocycles. The Labute approximate surface area is 171 Å². The van der Waals surface area contributed by atoms with Crippen LogP contribution in [0.15, 0.2) is 29.6 Å². The number of hydrogen-bond acceptors (Lipinski definition) is 6. The lowest BCUT2D eigenvalue weighted by Gasteiger charge is -2.34. The summed E-state index contributed by atoms with van der Waals surface area (Å²) in [6.45, 7) is 4.32. The van der Waals surface area contributed by atoms with Crippen LogP contribution < -0.4 is 0 Å². The number of para-hydroxylation sites is 1. The highest BCUT2D eigenvalue weighted by Crippen LogP contribution is 2.22. The monoisotopic (exact) mass is 414 g/mol. The van der Waals surface area contributed by atoms with Crippen LogP contribution in [-0.2, 0) is 22.4 Å². The molecule has 0 saturated carbocycles. The number of rotatable bonds is 5. The van der Waals surface area contributed by atoms with Crippen LogP contribution in [0.3, 0.4) is 0 Å². The van der Waals surface area contributed by atoms with Crippen LogP contribution in [0.2, 0.25) is 0 Å². The number of fused-ring (bicyclic) bond motifs is 1. The average molecular weight is 415 g/mol. The van der Waals surface area contributed by atoms with Crippen molar-refractivity contribution >= 4 is 44.7 Å². The fourth-order valence-corrected chi connectivity index (χ4v) is 5.06. The summed E-state index contributed by atoms with van der Waals surface area (Å²) in [6, 6.07) is 8.04. The van der Waals surface area contributed by atoms with Crippen molar-refractivity contribution in [2.75, 3.05) is 26.2 Å². The van der Waals surface area contributed by atoms with Crippen LogP contribution in [0, 0.1) is 6.92 Å². The topological polar surface area (TPSA) is 66.4 Å². The smallest absolute Gasteiger partial charge is 0.229 e. The number of carbonyl (C=O) groups excluding carboxylic acids is 2. The fraction of sp³-hybridized carbons (Fsp3) is 0.400. The molecule has 1 aliphatic rings. The molecule has 0 N–H and O–H groups in total. The van der Waals surface area contributed by atoms with Gasteiger partial charge in [0.1, 0.15) is 5.01 Å². The molecule has 0 radical (unpaired) electrons. The van der Waals surface area contributed by atoms with Crippen molar-refractivity contribution in [2.45, 2.75) is 26.2 Å². The first-order chi connectivity index (χ1) is 13.6. The first kappa shape index (κ1) is 19.0. The van der Waals surface area contributed by atoms with Gasteiger partial charge in [-0.2, -0.15) is 0 Å². The van der Waals surface area contributed by atoms with E-state index in [1.807, 2.05) is 40.3 Å². The highest BCUT2D eigenvalue weighted by molar-refractivity contribution is 7.18. The third-order valence-corrected chi connectivity index (χ3v) is 6.91. The minimum absolute atomic E-state index is 0.0934. The summed E-state index contributed by atoms with van der Waals surface area (Å²) in [5.41, 5.74) is 1.95. The van der Waals surface area contributed by atoms with Crippen LogP contribution >= 0.6 is 22.7 Å². The summed E-state index contributed by atoms with van der Waals surface area (Å²) < 4.78 is 1.16. The Morgan fingerprint density at radius 3 is 2.39 bits per heavy atom. The second-order valence-corrected chi connectivity index (χ2v) is 8.95. The standard InChI is InChI=1S/C20H22N4O2S2/c1-14-13-27-18(21-14)12-20(26)24-10-8-23(9-11-24)19(25)7-6-17-22-15-4-2-3-5-16(15)28-17/h2-5,13H,6-12H2,1H3. The Hall–Kier alpha value is -2.32. The first-order valence-electron chi connectivity index (χ1n) is 9.39. The minimum atomic E-state index is 0.0934. The van der Waals surface area contributed by atoms with E-state index in [1.165, 1.54) is 11.3 Å². The summed E-state index contributed by atoms with van der Waals surface area (Å²) in [5, 5.41) is 3.82. The van der Waals surface area contributed by atoms with Gasteiger partial charge in [-0.3, -0.25) is 9.59 Å². The van der Waals surface area contributed by atoms with Gasteiger partial charge in [0.05, 0.1) is 21.6 Å². The van der Waals surface area contributed by atoms with Crippen molar-refractivity contribution in [1.82, 2.24) is 19.8 Å². The van der Waals surface area contributed by atoms with Gasteiger partial charge in [-0.25, -0.2) is 9.97 Å². The van der Waals surface area contributed by atoms with E-state index in [9.17, 15) is 9.59 Å². The Morgan fingerprint density at radius 1 is 1.00 bits per heavy atom. The Bertz CT molecular complexity index is 956. The van der Waals surface area contributed by atoms with Gasteiger partial charge in [-0.05, 0) is 19.1 Å². The normalized spacial score (nSPS) is 14.6. The largest absolute Gasteiger partial charge is 0.339 e. The number of nitrogens with zero attached hydrogens (tertiary/aromatic N) is 4. The van der Waals surface area contributed by atoms with Crippen LogP contribution in [0.25, 0.3) is 10.2 Å². The molecule has 0 unspecified atom stereocenters. The molecule has 2 amide bonds. The number of hydrogen-bond donors (Lipinski definition) is 0. The molecule has 4 rings (SSSR count). The molecule has 28 heavy (non-hydrogen) atoms. The molecule has 3 aromatic rings. The fourth-order valence-electron chi connectivity index (χ4n) is 3.33. The van der Waals surface area contributed by atoms with Crippen molar-refractivity contribution in [2.24, 2.45) is 0 Å². The molecular formula is C20H22N4O2S2. The molecule has 1 fully saturated rings. The molecule has 6 nitrogen and oxygen atoms in total. The van der Waals surface area contributed by atoms with Gasteiger partial charge in [-0.15, -0.1) is 22.7 Å². The predicted octanol–water partition coefficient (Wildman–Crippen LogP) is 2.91. The maximum Gasteiger partial charge on any atom is 0.229 e. The molecule has 1 aromatic carbocycles. The zero-order valence-corrected chi connectivity index (χ0v) is 17.4. The van der Waals surface area contributed by atoms with E-state index >= 15 is 0 Å². The van der Waals surface area contributed by atoms with Gasteiger partial charge in [0.25, 0.3) is 0 Å². The molecule has 146 valence electrons. The number of thiazole rings is 2. The number of amides is 2. The molecule has 0 aliphatic carbocycles. The van der Waals surface area contributed by atoms with Crippen molar-refractivity contribution in [1.29, 1.82) is 0 Å². The maximum atomic E-state index is 12.5. The van der Waals surface area contributed by atoms with Gasteiger partial charge < -0.3 is 9.80 Å². The number of piperazine rings is 1. The third-order valence-electron chi connectivity index (χ3n) is 4.85. The van der Waals surface area contributed by atoms with E-state index in [0.717, 1.165) is 25.9 Å². The second kappa shape index (κ2) is 8.36. The molecule has 0 spiro atoms. The van der Waals surface area contributed by atoms with Crippen LogP contribution in [-0.4, -0.2) is 57.8 Å². The lowest BCUT2D eigenvalue weighted by molar-refractivity contribution is -0.139. The lowest BCUT2D eigenvalue weighted by Crippen LogP contribution is -2.51. The van der Waals surface area contributed by atoms with Gasteiger partial charge >= 0.3 is 0 Å². The maximum absolute atomic E-state index is 12.5. The SMILES string of the molecule is Cc1csc(CC(=O)N2CCN(C(=O)CCc3nc4ccccc4s3)CC2)n1. The highest BCUT2D eigenvalue weighted by atomic mass is 32.1. The molecule has 0 bridgehead atoms. The van der Waals surface area contributed by atoms with E-state index in [-0.39, 0.29) is 11.8 Å². The van der Waals surface area contributed by atoms with E-state index < -0.39 is 0 Å². The van der Waals surface area contributed by atoms with Crippen molar-refractivity contribution in [3.05, 3.63) is 45.4 Å². The van der Waals surface area contributed by atoms with E-state index in [1.54, 1.807) is 11.3 Å². The Kier molecular flexibility index (Phi) is 5.68. The van der Waals surface area contributed by atoms with Crippen LogP contribution in [0.4, 0.5) is 0 Å². The predicted molar refractivity (Wildman–Crippen MR) is 112 cm³/mol. The summed E-state index contributed by atoms with van der Waals surface area (Å²) in [7, 11) is 0. The Balaban J connectivity index is 1.25. The number of aryl methyl sites for hydroxylation is 2. The van der Waals surface area contributed by atoms with Gasteiger partial charge in [0, 0.05) is 50.1 Å². The molecule has 0 atom stereocenters. The zero-order valence-electron chi connectivity index (χ0n) is 15.8. The quantitative estimate of drug-likeness (QED) is 0.644. The number of benzene rings is 1. The molecule has 1 saturated heterocycles. The Morgan fingerprint density at radius 2 is 1.71 bits per heavy atom. The summed E-state index contributed by atoms with van der Waals surface area (Å²) in [5.74, 6) is 0.234. The van der Waals surface area contributed by atoms with Crippen LogP contribution in [0.5, 0.6) is 0 Å². The molecule has 8 heteroatoms. The summed E-state index contributed by atoms with van der Waals surface area (Å²) >= 11 is 3.18. The van der Waals surface area contributed by atoms with Gasteiger partial charge in [0.2, 0.25) is 11.8 Å². The van der Waals surface area contributed by atoms with Gasteiger partial charge in [0.15, 0.2) is 0 Å². The summed E-state index contributed by atoms with van der Waals surface area (Å²) in [6.07, 6.45) is 1.48. The lowest BCUT2D eigenvalue weighted by atomic mass is 10.2. The summed E-state index contributed by atoms with van der Waals surface area (Å²) in [4.78, 5) is 37.6. The first-order valence-corrected chi connectivity index (χ1v) is 11.1. The van der Waals surface area contributed by atoms with Crippen molar-refractivity contribution < 1.29 is 9.59 Å². The number of aromatic nitrogens is 2. The van der Waals surface area contributed by atoms with Gasteiger partial charge in [-0.1, -0.05) is 12.1 Å². The van der Waals surface area contributed by atoms with Crippen LogP contribution in [0.1, 0.15) is 22.1 Å². The molecular weight excluding hydrogens is 392 g/mol. The molecule has 2 aromatic heterocycles. The third kappa shape index (κ3) is 4.39. The second-order valence-electron chi connectivity index (χ2n) is 6.90. The highest BCUT2D eigenvalue weighted by Gasteiger charge is 2.24. The van der Waals surface area contributed by atoms with E-state index in [2.05, 4.69) is 16.0 Å². The van der Waals surface area contributed by atoms with Crippen molar-refractivity contribution in [3.8, 4) is 0 Å². The number of carbonyl (C=O) groups is 2. The molecule has 1 aliphatic heterocycles. The van der Waals surface area contributed by atoms with E-state index in [0.29, 0.717) is 45.4 Å². The minimum Gasteiger partial charge on any atom is -0.339 e. The van der Waals surface area contributed by atoms with Crippen molar-refractivity contribution in [3.63, 3.8) is 0 Å². The van der Waals surface area contributed by atoms with E-state index in [4.69, 9.17) is 0 Å².